The van der Waals surface area contributed by atoms with Crippen LogP contribution in [0.5, 0.6) is 0 Å². The minimum atomic E-state index is -4.44. The number of carbonyl (C=O) groups is 1. The predicted octanol–water partition coefficient (Wildman–Crippen LogP) is 3.74. The number of hydrogen-bond acceptors (Lipinski definition) is 2. The summed E-state index contributed by atoms with van der Waals surface area (Å²) >= 11 is 0. The highest BCUT2D eigenvalue weighted by Crippen LogP contribution is 2.38. The Morgan fingerprint density at radius 1 is 1.35 bits per heavy atom. The molecule has 0 saturated carbocycles. The molecular formula is C17H21F3N2O. The molecule has 2 heterocycles. The highest BCUT2D eigenvalue weighted by atomic mass is 19.4. The van der Waals surface area contributed by atoms with E-state index in [4.69, 9.17) is 0 Å². The van der Waals surface area contributed by atoms with Crippen molar-refractivity contribution in [2.24, 2.45) is 5.92 Å². The molecule has 1 N–H and O–H groups in total. The van der Waals surface area contributed by atoms with Crippen molar-refractivity contribution >= 4 is 5.91 Å². The zero-order valence-electron chi connectivity index (χ0n) is 13.3. The molecule has 0 aromatic heterocycles. The van der Waals surface area contributed by atoms with Crippen LogP contribution < -0.4 is 5.32 Å². The summed E-state index contributed by atoms with van der Waals surface area (Å²) in [6.45, 7) is 5.81. The van der Waals surface area contributed by atoms with Crippen LogP contribution >= 0.6 is 0 Å². The van der Waals surface area contributed by atoms with Gasteiger partial charge in [-0.1, -0.05) is 6.92 Å². The molecule has 23 heavy (non-hydrogen) atoms. The van der Waals surface area contributed by atoms with E-state index in [1.807, 2.05) is 6.92 Å². The second-order valence-corrected chi connectivity index (χ2v) is 6.69. The van der Waals surface area contributed by atoms with Gasteiger partial charge in [0, 0.05) is 24.7 Å². The molecule has 3 rings (SSSR count). The van der Waals surface area contributed by atoms with Crippen molar-refractivity contribution < 1.29 is 18.0 Å². The van der Waals surface area contributed by atoms with E-state index < -0.39 is 17.6 Å². The normalized spacial score (nSPS) is 23.5. The first-order valence-corrected chi connectivity index (χ1v) is 8.03. The lowest BCUT2D eigenvalue weighted by molar-refractivity contribution is -0.138. The first kappa shape index (κ1) is 16.3. The van der Waals surface area contributed by atoms with E-state index >= 15 is 0 Å². The standard InChI is InChI=1S/C17H21F3N2O/c1-10-4-3-5-22(9-10)11(2)12-6-13-14(8-21-16(13)23)15(7-12)17(18,19)20/h6-7,10-11H,3-5,8-9H2,1-2H3,(H,21,23)/t10-,11?/m0/s1. The Balaban J connectivity index is 1.99. The number of alkyl halides is 3. The molecule has 0 aliphatic carbocycles. The lowest BCUT2D eigenvalue weighted by Gasteiger charge is -2.36. The summed E-state index contributed by atoms with van der Waals surface area (Å²) in [5, 5.41) is 2.50. The number of fused-ring (bicyclic) bond motifs is 1. The maximum Gasteiger partial charge on any atom is 0.416 e. The molecule has 1 saturated heterocycles. The number of amides is 1. The number of likely N-dealkylation sites (tertiary alicyclic amines) is 1. The summed E-state index contributed by atoms with van der Waals surface area (Å²) in [5.74, 6) is 0.137. The number of nitrogens with one attached hydrogen (secondary N) is 1. The van der Waals surface area contributed by atoms with Crippen LogP contribution in [0.4, 0.5) is 13.2 Å². The average Bonchev–Trinajstić information content (AvgIpc) is 2.86. The van der Waals surface area contributed by atoms with Crippen LogP contribution in [0.2, 0.25) is 0 Å². The van der Waals surface area contributed by atoms with Crippen LogP contribution in [-0.2, 0) is 12.7 Å². The molecule has 1 aromatic carbocycles. The van der Waals surface area contributed by atoms with Crippen LogP contribution in [-0.4, -0.2) is 23.9 Å². The molecule has 1 amide bonds. The van der Waals surface area contributed by atoms with Gasteiger partial charge in [0.15, 0.2) is 0 Å². The average molecular weight is 326 g/mol. The zero-order valence-corrected chi connectivity index (χ0v) is 13.3. The van der Waals surface area contributed by atoms with Gasteiger partial charge >= 0.3 is 6.18 Å². The Morgan fingerprint density at radius 2 is 2.09 bits per heavy atom. The monoisotopic (exact) mass is 326 g/mol. The summed E-state index contributed by atoms with van der Waals surface area (Å²) in [5.41, 5.74) is 0.139. The summed E-state index contributed by atoms with van der Waals surface area (Å²) in [6, 6.07) is 2.73. The number of carbonyl (C=O) groups excluding carboxylic acids is 1. The number of hydrogen-bond donors (Lipinski definition) is 1. The van der Waals surface area contributed by atoms with E-state index in [2.05, 4.69) is 17.1 Å². The number of halogens is 3. The van der Waals surface area contributed by atoms with E-state index in [9.17, 15) is 18.0 Å². The van der Waals surface area contributed by atoms with Crippen molar-refractivity contribution in [2.75, 3.05) is 13.1 Å². The highest BCUT2D eigenvalue weighted by molar-refractivity contribution is 5.99. The van der Waals surface area contributed by atoms with Gasteiger partial charge in [0.05, 0.1) is 5.56 Å². The third-order valence-corrected chi connectivity index (χ3v) is 4.97. The Hall–Kier alpha value is -1.56. The van der Waals surface area contributed by atoms with Crippen LogP contribution in [0.3, 0.4) is 0 Å². The van der Waals surface area contributed by atoms with Gasteiger partial charge in [-0.25, -0.2) is 0 Å². The van der Waals surface area contributed by atoms with Gasteiger partial charge < -0.3 is 5.32 Å². The van der Waals surface area contributed by atoms with Crippen LogP contribution in [0.1, 0.15) is 59.8 Å². The molecule has 2 aliphatic heterocycles. The first-order valence-electron chi connectivity index (χ1n) is 8.03. The molecule has 2 aliphatic rings. The second-order valence-electron chi connectivity index (χ2n) is 6.69. The van der Waals surface area contributed by atoms with E-state index in [1.54, 1.807) is 6.07 Å². The highest BCUT2D eigenvalue weighted by Gasteiger charge is 2.38. The van der Waals surface area contributed by atoms with Crippen molar-refractivity contribution in [3.63, 3.8) is 0 Å². The maximum atomic E-state index is 13.4. The van der Waals surface area contributed by atoms with E-state index in [0.717, 1.165) is 25.9 Å². The number of benzene rings is 1. The van der Waals surface area contributed by atoms with Crippen molar-refractivity contribution in [1.82, 2.24) is 10.2 Å². The molecule has 0 spiro atoms. The Labute approximate surface area is 133 Å². The van der Waals surface area contributed by atoms with E-state index in [-0.39, 0.29) is 23.7 Å². The third kappa shape index (κ3) is 3.09. The second kappa shape index (κ2) is 5.82. The van der Waals surface area contributed by atoms with Gasteiger partial charge in [-0.05, 0) is 55.5 Å². The first-order chi connectivity index (χ1) is 10.8. The number of nitrogens with zero attached hydrogens (tertiary/aromatic N) is 1. The molecular weight excluding hydrogens is 305 g/mol. The molecule has 1 aromatic rings. The molecule has 1 fully saturated rings. The van der Waals surface area contributed by atoms with Gasteiger partial charge in [0.25, 0.3) is 5.91 Å². The van der Waals surface area contributed by atoms with Gasteiger partial charge in [0.2, 0.25) is 0 Å². The van der Waals surface area contributed by atoms with Crippen molar-refractivity contribution in [2.45, 2.75) is 45.5 Å². The largest absolute Gasteiger partial charge is 0.416 e. The smallest absolute Gasteiger partial charge is 0.348 e. The minimum absolute atomic E-state index is 0.0432. The van der Waals surface area contributed by atoms with Crippen molar-refractivity contribution in [1.29, 1.82) is 0 Å². The third-order valence-electron chi connectivity index (χ3n) is 4.97. The maximum absolute atomic E-state index is 13.4. The predicted molar refractivity (Wildman–Crippen MR) is 81.0 cm³/mol. The lowest BCUT2D eigenvalue weighted by Crippen LogP contribution is -2.36. The molecule has 0 bridgehead atoms. The Kier molecular flexibility index (Phi) is 4.12. The van der Waals surface area contributed by atoms with E-state index in [1.165, 1.54) is 6.07 Å². The topological polar surface area (TPSA) is 32.3 Å². The lowest BCUT2D eigenvalue weighted by atomic mass is 9.93. The zero-order chi connectivity index (χ0) is 16.8. The summed E-state index contributed by atoms with van der Waals surface area (Å²) in [6.07, 6.45) is -2.23. The number of rotatable bonds is 2. The van der Waals surface area contributed by atoms with Crippen LogP contribution in [0, 0.1) is 5.92 Å². The SMILES string of the molecule is CC(c1cc2c(c(C(F)(F)F)c1)CNC2=O)N1CCC[C@H](C)C1. The summed E-state index contributed by atoms with van der Waals surface area (Å²) in [4.78, 5) is 14.1. The quantitative estimate of drug-likeness (QED) is 0.898. The fourth-order valence-corrected chi connectivity index (χ4v) is 3.63. The molecule has 2 atom stereocenters. The van der Waals surface area contributed by atoms with Crippen LogP contribution in [0.25, 0.3) is 0 Å². The summed E-state index contributed by atoms with van der Waals surface area (Å²) < 4.78 is 40.1. The Morgan fingerprint density at radius 3 is 2.74 bits per heavy atom. The number of piperidine rings is 1. The van der Waals surface area contributed by atoms with E-state index in [0.29, 0.717) is 11.5 Å². The van der Waals surface area contributed by atoms with Gasteiger partial charge in [-0.2, -0.15) is 13.2 Å². The molecule has 0 radical (unpaired) electrons. The Bertz CT molecular complexity index is 627. The van der Waals surface area contributed by atoms with Gasteiger partial charge in [0.1, 0.15) is 0 Å². The summed E-state index contributed by atoms with van der Waals surface area (Å²) in [7, 11) is 0. The molecule has 6 heteroatoms. The van der Waals surface area contributed by atoms with Crippen molar-refractivity contribution in [3.8, 4) is 0 Å². The molecule has 3 nitrogen and oxygen atoms in total. The fraction of sp³-hybridized carbons (Fsp3) is 0.588. The van der Waals surface area contributed by atoms with Crippen molar-refractivity contribution in [3.05, 3.63) is 34.4 Å². The van der Waals surface area contributed by atoms with Gasteiger partial charge in [-0.3, -0.25) is 9.69 Å². The minimum Gasteiger partial charge on any atom is -0.348 e. The molecule has 1 unspecified atom stereocenters. The van der Waals surface area contributed by atoms with Gasteiger partial charge in [-0.15, -0.1) is 0 Å². The fourth-order valence-electron chi connectivity index (χ4n) is 3.63. The molecule has 126 valence electrons. The van der Waals surface area contributed by atoms with Crippen LogP contribution in [0.15, 0.2) is 12.1 Å².